The Morgan fingerprint density at radius 1 is 0.458 bits per heavy atom. The third-order valence-corrected chi connectivity index (χ3v) is 6.43. The maximum Gasteiger partial charge on any atom is 0.0257 e. The van der Waals surface area contributed by atoms with E-state index in [0.717, 1.165) is 11.8 Å². The quantitative estimate of drug-likeness (QED) is 0.656. The molecule has 0 aromatic carbocycles. The van der Waals surface area contributed by atoms with Gasteiger partial charge in [0.05, 0.1) is 0 Å². The fourth-order valence-corrected chi connectivity index (χ4v) is 4.74. The summed E-state index contributed by atoms with van der Waals surface area (Å²) in [5.74, 6) is 1.68. The Labute approximate surface area is 149 Å². The van der Waals surface area contributed by atoms with Gasteiger partial charge in [0.2, 0.25) is 0 Å². The molecule has 0 atom stereocenters. The zero-order valence-electron chi connectivity index (χ0n) is 15.5. The van der Waals surface area contributed by atoms with E-state index in [1.807, 2.05) is 0 Å². The second-order valence-corrected chi connectivity index (χ2v) is 8.40. The van der Waals surface area contributed by atoms with E-state index >= 15 is 0 Å². The van der Waals surface area contributed by atoms with Gasteiger partial charge in [-0.05, 0) is 75.6 Å². The second-order valence-electron chi connectivity index (χ2n) is 8.40. The SMILES string of the molecule is C(=C\C1CCCCC1)/NC1CCC(N/C=C/C2CCCCC2)CC1. The molecule has 136 valence electrons. The van der Waals surface area contributed by atoms with Gasteiger partial charge < -0.3 is 10.6 Å². The molecule has 2 nitrogen and oxygen atoms in total. The van der Waals surface area contributed by atoms with Crippen LogP contribution in [-0.2, 0) is 0 Å². The van der Waals surface area contributed by atoms with Crippen LogP contribution in [-0.4, -0.2) is 12.1 Å². The van der Waals surface area contributed by atoms with E-state index in [1.54, 1.807) is 0 Å². The first-order chi connectivity index (χ1) is 11.9. The third-order valence-electron chi connectivity index (χ3n) is 6.43. The molecule has 0 amide bonds. The van der Waals surface area contributed by atoms with Crippen LogP contribution in [0.25, 0.3) is 0 Å². The minimum absolute atomic E-state index is 0.699. The van der Waals surface area contributed by atoms with Gasteiger partial charge in [-0.1, -0.05) is 50.7 Å². The van der Waals surface area contributed by atoms with Crippen LogP contribution in [0.5, 0.6) is 0 Å². The van der Waals surface area contributed by atoms with E-state index < -0.39 is 0 Å². The molecule has 2 heteroatoms. The topological polar surface area (TPSA) is 24.1 Å². The van der Waals surface area contributed by atoms with Crippen LogP contribution in [0.15, 0.2) is 24.6 Å². The van der Waals surface area contributed by atoms with Crippen LogP contribution in [0, 0.1) is 11.8 Å². The van der Waals surface area contributed by atoms with Gasteiger partial charge in [-0.3, -0.25) is 0 Å². The molecule has 3 aliphatic carbocycles. The average Bonchev–Trinajstić information content (AvgIpc) is 2.65. The van der Waals surface area contributed by atoms with E-state index in [9.17, 15) is 0 Å². The highest BCUT2D eigenvalue weighted by Gasteiger charge is 2.19. The molecule has 0 bridgehead atoms. The average molecular weight is 331 g/mol. The highest BCUT2D eigenvalue weighted by Crippen LogP contribution is 2.25. The monoisotopic (exact) mass is 330 g/mol. The van der Waals surface area contributed by atoms with Crippen molar-refractivity contribution in [1.29, 1.82) is 0 Å². The first-order valence-electron chi connectivity index (χ1n) is 10.8. The smallest absolute Gasteiger partial charge is 0.0257 e. The molecule has 0 radical (unpaired) electrons. The Morgan fingerprint density at radius 3 is 1.21 bits per heavy atom. The van der Waals surface area contributed by atoms with Crippen molar-refractivity contribution in [3.05, 3.63) is 24.6 Å². The number of nitrogens with one attached hydrogen (secondary N) is 2. The highest BCUT2D eigenvalue weighted by atomic mass is 14.9. The Hall–Kier alpha value is -0.920. The van der Waals surface area contributed by atoms with Crippen LogP contribution >= 0.6 is 0 Å². The zero-order valence-corrected chi connectivity index (χ0v) is 15.5. The van der Waals surface area contributed by atoms with E-state index in [0.29, 0.717) is 12.1 Å². The van der Waals surface area contributed by atoms with Gasteiger partial charge in [-0.25, -0.2) is 0 Å². The summed E-state index contributed by atoms with van der Waals surface area (Å²) >= 11 is 0. The second kappa shape index (κ2) is 10.2. The molecule has 3 fully saturated rings. The van der Waals surface area contributed by atoms with Gasteiger partial charge in [-0.15, -0.1) is 0 Å². The maximum absolute atomic E-state index is 3.67. The molecule has 0 saturated heterocycles. The van der Waals surface area contributed by atoms with Gasteiger partial charge >= 0.3 is 0 Å². The van der Waals surface area contributed by atoms with Gasteiger partial charge in [0.1, 0.15) is 0 Å². The van der Waals surface area contributed by atoms with Crippen molar-refractivity contribution in [3.8, 4) is 0 Å². The molecule has 3 rings (SSSR count). The summed E-state index contributed by atoms with van der Waals surface area (Å²) in [6.45, 7) is 0. The fraction of sp³-hybridized carbons (Fsp3) is 0.818. The highest BCUT2D eigenvalue weighted by molar-refractivity contribution is 4.94. The Bertz CT molecular complexity index is 343. The molecule has 0 aromatic heterocycles. The van der Waals surface area contributed by atoms with Gasteiger partial charge in [0.15, 0.2) is 0 Å². The lowest BCUT2D eigenvalue weighted by atomic mass is 9.89. The number of hydrogen-bond acceptors (Lipinski definition) is 2. The molecule has 0 spiro atoms. The summed E-state index contributed by atoms with van der Waals surface area (Å²) < 4.78 is 0. The molecule has 3 saturated carbocycles. The van der Waals surface area contributed by atoms with E-state index in [4.69, 9.17) is 0 Å². The van der Waals surface area contributed by atoms with Crippen LogP contribution in [0.2, 0.25) is 0 Å². The summed E-state index contributed by atoms with van der Waals surface area (Å²) in [5, 5.41) is 7.34. The van der Waals surface area contributed by atoms with E-state index in [1.165, 1.54) is 89.9 Å². The van der Waals surface area contributed by atoms with E-state index in [2.05, 4.69) is 35.2 Å². The van der Waals surface area contributed by atoms with Crippen molar-refractivity contribution in [3.63, 3.8) is 0 Å². The minimum Gasteiger partial charge on any atom is -0.388 e. The Balaban J connectivity index is 1.28. The molecule has 3 aliphatic rings. The first kappa shape index (κ1) is 17.9. The molecule has 2 N–H and O–H groups in total. The molecule has 24 heavy (non-hydrogen) atoms. The largest absolute Gasteiger partial charge is 0.388 e. The van der Waals surface area contributed by atoms with Crippen molar-refractivity contribution in [2.75, 3.05) is 0 Å². The molecular formula is C22H38N2. The van der Waals surface area contributed by atoms with Crippen molar-refractivity contribution in [2.24, 2.45) is 11.8 Å². The normalized spacial score (nSPS) is 30.8. The molecule has 0 aliphatic heterocycles. The first-order valence-corrected chi connectivity index (χ1v) is 10.8. The summed E-state index contributed by atoms with van der Waals surface area (Å²) in [5.41, 5.74) is 0. The summed E-state index contributed by atoms with van der Waals surface area (Å²) in [6, 6.07) is 1.40. The van der Waals surface area contributed by atoms with Crippen molar-refractivity contribution in [1.82, 2.24) is 10.6 Å². The van der Waals surface area contributed by atoms with Crippen LogP contribution < -0.4 is 10.6 Å². The lowest BCUT2D eigenvalue weighted by molar-refractivity contribution is 0.340. The van der Waals surface area contributed by atoms with Crippen molar-refractivity contribution < 1.29 is 0 Å². The molecule has 0 unspecified atom stereocenters. The van der Waals surface area contributed by atoms with Gasteiger partial charge in [0.25, 0.3) is 0 Å². The standard InChI is InChI=1S/C22H38N2/c1-3-7-19(8-4-1)15-17-23-21-11-13-22(14-12-21)24-18-16-20-9-5-2-6-10-20/h15-24H,1-14H2/b17-15+,18-16+. The maximum atomic E-state index is 3.67. The molecule has 0 aromatic rings. The minimum atomic E-state index is 0.699. The predicted molar refractivity (Wildman–Crippen MR) is 104 cm³/mol. The summed E-state index contributed by atoms with van der Waals surface area (Å²) in [4.78, 5) is 0. The van der Waals surface area contributed by atoms with Crippen LogP contribution in [0.4, 0.5) is 0 Å². The lowest BCUT2D eigenvalue weighted by Gasteiger charge is -2.29. The zero-order chi connectivity index (χ0) is 16.5. The van der Waals surface area contributed by atoms with Crippen LogP contribution in [0.1, 0.15) is 89.9 Å². The van der Waals surface area contributed by atoms with Crippen LogP contribution in [0.3, 0.4) is 0 Å². The Kier molecular flexibility index (Phi) is 7.57. The van der Waals surface area contributed by atoms with Crippen molar-refractivity contribution >= 4 is 0 Å². The lowest BCUT2D eigenvalue weighted by Crippen LogP contribution is -2.36. The summed E-state index contributed by atoms with van der Waals surface area (Å²) in [7, 11) is 0. The number of allylic oxidation sites excluding steroid dienone is 2. The summed E-state index contributed by atoms with van der Waals surface area (Å²) in [6.07, 6.45) is 28.9. The Morgan fingerprint density at radius 2 is 0.833 bits per heavy atom. The molecule has 0 heterocycles. The predicted octanol–water partition coefficient (Wildman–Crippen LogP) is 5.66. The van der Waals surface area contributed by atoms with E-state index in [-0.39, 0.29) is 0 Å². The number of hydrogen-bond donors (Lipinski definition) is 2. The fourth-order valence-electron chi connectivity index (χ4n) is 4.74. The van der Waals surface area contributed by atoms with Gasteiger partial charge in [0, 0.05) is 12.1 Å². The van der Waals surface area contributed by atoms with Crippen molar-refractivity contribution in [2.45, 2.75) is 102 Å². The van der Waals surface area contributed by atoms with Gasteiger partial charge in [-0.2, -0.15) is 0 Å². The third kappa shape index (κ3) is 6.18. The molecular weight excluding hydrogens is 292 g/mol. The number of rotatable bonds is 6.